The van der Waals surface area contributed by atoms with E-state index in [0.29, 0.717) is 11.1 Å². The van der Waals surface area contributed by atoms with Crippen molar-refractivity contribution in [3.8, 4) is 5.69 Å². The van der Waals surface area contributed by atoms with Crippen LogP contribution in [0.1, 0.15) is 52.1 Å². The highest BCUT2D eigenvalue weighted by Gasteiger charge is 2.19. The highest BCUT2D eigenvalue weighted by Crippen LogP contribution is 2.21. The second-order valence-electron chi connectivity index (χ2n) is 8.65. The number of benzene rings is 2. The Hall–Kier alpha value is -3.19. The fourth-order valence-corrected chi connectivity index (χ4v) is 4.52. The standard InChI is InChI=1S/C26H28ClFN4O2/c1-17-23(15-25(33)29-16-20-6-9-21(28)14-24(20)27)18(2)32(30-17)22-10-7-19(8-11-22)26(34)31-12-4-3-5-13-31/h6-11,14H,3-5,12-13,15-16H2,1-2H3,(H,29,33). The molecule has 1 saturated heterocycles. The summed E-state index contributed by atoms with van der Waals surface area (Å²) >= 11 is 6.04. The van der Waals surface area contributed by atoms with Gasteiger partial charge in [-0.3, -0.25) is 9.59 Å². The van der Waals surface area contributed by atoms with Crippen molar-refractivity contribution in [1.29, 1.82) is 0 Å². The van der Waals surface area contributed by atoms with Crippen LogP contribution >= 0.6 is 11.6 Å². The minimum absolute atomic E-state index is 0.0678. The van der Waals surface area contributed by atoms with Crippen molar-refractivity contribution in [2.45, 2.75) is 46.1 Å². The van der Waals surface area contributed by atoms with Crippen LogP contribution in [0.25, 0.3) is 5.69 Å². The highest BCUT2D eigenvalue weighted by molar-refractivity contribution is 6.31. The number of hydrogen-bond donors (Lipinski definition) is 1. The first kappa shape index (κ1) is 24.0. The first-order chi connectivity index (χ1) is 16.3. The van der Waals surface area contributed by atoms with Crippen molar-refractivity contribution in [2.75, 3.05) is 13.1 Å². The first-order valence-corrected chi connectivity index (χ1v) is 11.9. The second kappa shape index (κ2) is 10.4. The number of nitrogens with one attached hydrogen (secondary N) is 1. The van der Waals surface area contributed by atoms with Gasteiger partial charge < -0.3 is 10.2 Å². The smallest absolute Gasteiger partial charge is 0.253 e. The molecule has 1 fully saturated rings. The summed E-state index contributed by atoms with van der Waals surface area (Å²) in [5.41, 5.74) is 4.63. The van der Waals surface area contributed by atoms with Crippen LogP contribution in [0.2, 0.25) is 5.02 Å². The van der Waals surface area contributed by atoms with Gasteiger partial charge >= 0.3 is 0 Å². The topological polar surface area (TPSA) is 67.2 Å². The van der Waals surface area contributed by atoms with Gasteiger partial charge in [-0.1, -0.05) is 17.7 Å². The molecule has 0 bridgehead atoms. The van der Waals surface area contributed by atoms with Gasteiger partial charge in [-0.2, -0.15) is 5.10 Å². The van der Waals surface area contributed by atoms with Gasteiger partial charge in [-0.05, 0) is 75.1 Å². The maximum atomic E-state index is 13.2. The molecule has 0 atom stereocenters. The molecule has 0 saturated carbocycles. The summed E-state index contributed by atoms with van der Waals surface area (Å²) in [6.07, 6.45) is 3.47. The van der Waals surface area contributed by atoms with Crippen molar-refractivity contribution >= 4 is 23.4 Å². The van der Waals surface area contributed by atoms with E-state index in [0.717, 1.165) is 48.6 Å². The second-order valence-corrected chi connectivity index (χ2v) is 9.06. The third-order valence-electron chi connectivity index (χ3n) is 6.27. The number of aromatic nitrogens is 2. The van der Waals surface area contributed by atoms with Gasteiger partial charge in [0.05, 0.1) is 17.8 Å². The van der Waals surface area contributed by atoms with Crippen molar-refractivity contribution in [3.63, 3.8) is 0 Å². The lowest BCUT2D eigenvalue weighted by molar-refractivity contribution is -0.120. The van der Waals surface area contributed by atoms with E-state index in [2.05, 4.69) is 10.4 Å². The summed E-state index contributed by atoms with van der Waals surface area (Å²) < 4.78 is 15.0. The quantitative estimate of drug-likeness (QED) is 0.550. The number of carbonyl (C=O) groups is 2. The Labute approximate surface area is 203 Å². The largest absolute Gasteiger partial charge is 0.352 e. The monoisotopic (exact) mass is 482 g/mol. The molecule has 3 aromatic rings. The predicted molar refractivity (Wildman–Crippen MR) is 130 cm³/mol. The van der Waals surface area contributed by atoms with E-state index >= 15 is 0 Å². The van der Waals surface area contributed by atoms with Gasteiger partial charge in [-0.25, -0.2) is 9.07 Å². The molecule has 0 radical (unpaired) electrons. The number of nitrogens with zero attached hydrogens (tertiary/aromatic N) is 3. The zero-order chi connectivity index (χ0) is 24.2. The average molecular weight is 483 g/mol. The summed E-state index contributed by atoms with van der Waals surface area (Å²) in [4.78, 5) is 27.2. The fraction of sp³-hybridized carbons (Fsp3) is 0.346. The Morgan fingerprint density at radius 1 is 1.06 bits per heavy atom. The van der Waals surface area contributed by atoms with Crippen molar-refractivity contribution < 1.29 is 14.0 Å². The van der Waals surface area contributed by atoms with Gasteiger partial charge in [0.1, 0.15) is 5.82 Å². The molecule has 1 aliphatic heterocycles. The molecule has 0 spiro atoms. The Morgan fingerprint density at radius 2 is 1.76 bits per heavy atom. The van der Waals surface area contributed by atoms with Crippen molar-refractivity contribution in [1.82, 2.24) is 20.0 Å². The third-order valence-corrected chi connectivity index (χ3v) is 6.62. The molecule has 2 amide bonds. The van der Waals surface area contributed by atoms with E-state index in [9.17, 15) is 14.0 Å². The maximum Gasteiger partial charge on any atom is 0.253 e. The SMILES string of the molecule is Cc1nn(-c2ccc(C(=O)N3CCCCC3)cc2)c(C)c1CC(=O)NCc1ccc(F)cc1Cl. The number of hydrogen-bond acceptors (Lipinski definition) is 3. The van der Waals surface area contributed by atoms with Gasteiger partial charge in [-0.15, -0.1) is 0 Å². The average Bonchev–Trinajstić information content (AvgIpc) is 3.12. The zero-order valence-electron chi connectivity index (χ0n) is 19.4. The van der Waals surface area contributed by atoms with Crippen LogP contribution in [0, 0.1) is 19.7 Å². The lowest BCUT2D eigenvalue weighted by Crippen LogP contribution is -2.35. The Bertz CT molecular complexity index is 1200. The summed E-state index contributed by atoms with van der Waals surface area (Å²) in [5.74, 6) is -0.519. The Balaban J connectivity index is 1.43. The van der Waals surface area contributed by atoms with Crippen LogP contribution < -0.4 is 5.32 Å². The van der Waals surface area contributed by atoms with Crippen molar-refractivity contribution in [2.24, 2.45) is 0 Å². The Morgan fingerprint density at radius 3 is 2.44 bits per heavy atom. The van der Waals surface area contributed by atoms with Gasteiger partial charge in [0.25, 0.3) is 5.91 Å². The molecule has 0 unspecified atom stereocenters. The number of carbonyl (C=O) groups excluding carboxylic acids is 2. The number of aryl methyl sites for hydroxylation is 1. The molecule has 4 rings (SSSR count). The molecular weight excluding hydrogens is 455 g/mol. The normalized spacial score (nSPS) is 13.7. The van der Waals surface area contributed by atoms with E-state index in [-0.39, 0.29) is 29.8 Å². The van der Waals surface area contributed by atoms with Crippen LogP contribution in [-0.4, -0.2) is 39.6 Å². The first-order valence-electron chi connectivity index (χ1n) is 11.5. The fourth-order valence-electron chi connectivity index (χ4n) is 4.29. The molecule has 8 heteroatoms. The zero-order valence-corrected chi connectivity index (χ0v) is 20.2. The minimum Gasteiger partial charge on any atom is -0.352 e. The molecule has 2 heterocycles. The molecule has 34 heavy (non-hydrogen) atoms. The number of likely N-dealkylation sites (tertiary alicyclic amines) is 1. The van der Waals surface area contributed by atoms with Gasteiger partial charge in [0, 0.05) is 41.5 Å². The number of rotatable bonds is 6. The van der Waals surface area contributed by atoms with Gasteiger partial charge in [0.2, 0.25) is 5.91 Å². The van der Waals surface area contributed by atoms with Crippen LogP contribution in [0.15, 0.2) is 42.5 Å². The number of halogens is 2. The van der Waals surface area contributed by atoms with E-state index < -0.39 is 5.82 Å². The molecule has 6 nitrogen and oxygen atoms in total. The molecule has 1 aromatic heterocycles. The van der Waals surface area contributed by atoms with Crippen LogP contribution in [0.4, 0.5) is 4.39 Å². The van der Waals surface area contributed by atoms with Crippen LogP contribution in [0.5, 0.6) is 0 Å². The number of amides is 2. The van der Waals surface area contributed by atoms with Crippen LogP contribution in [-0.2, 0) is 17.8 Å². The summed E-state index contributed by atoms with van der Waals surface area (Å²) in [6.45, 7) is 5.65. The maximum absolute atomic E-state index is 13.2. The lowest BCUT2D eigenvalue weighted by Gasteiger charge is -2.26. The third kappa shape index (κ3) is 5.30. The summed E-state index contributed by atoms with van der Waals surface area (Å²) in [6, 6.07) is 11.5. The van der Waals surface area contributed by atoms with Crippen LogP contribution in [0.3, 0.4) is 0 Å². The Kier molecular flexibility index (Phi) is 7.32. The van der Waals surface area contributed by atoms with E-state index in [1.165, 1.54) is 18.6 Å². The lowest BCUT2D eigenvalue weighted by atomic mass is 10.1. The molecule has 178 valence electrons. The summed E-state index contributed by atoms with van der Waals surface area (Å²) in [7, 11) is 0. The van der Waals surface area contributed by atoms with E-state index in [1.54, 1.807) is 10.7 Å². The van der Waals surface area contributed by atoms with Crippen molar-refractivity contribution in [3.05, 3.63) is 81.4 Å². The van der Waals surface area contributed by atoms with E-state index in [1.807, 2.05) is 43.0 Å². The molecular formula is C26H28ClFN4O2. The predicted octanol–water partition coefficient (Wildman–Crippen LogP) is 4.77. The molecule has 1 N–H and O–H groups in total. The molecule has 2 aromatic carbocycles. The number of piperidine rings is 1. The molecule has 1 aliphatic rings. The van der Waals surface area contributed by atoms with E-state index in [4.69, 9.17) is 11.6 Å². The molecule has 0 aliphatic carbocycles. The minimum atomic E-state index is -0.414. The highest BCUT2D eigenvalue weighted by atomic mass is 35.5. The summed E-state index contributed by atoms with van der Waals surface area (Å²) in [5, 5.41) is 7.74. The van der Waals surface area contributed by atoms with Gasteiger partial charge in [0.15, 0.2) is 0 Å².